The molecular formula is C34H44N4O8. The van der Waals surface area contributed by atoms with E-state index in [9.17, 15) is 33.9 Å². The second-order valence-electron chi connectivity index (χ2n) is 12.2. The van der Waals surface area contributed by atoms with Gasteiger partial charge in [-0.2, -0.15) is 0 Å². The van der Waals surface area contributed by atoms with E-state index in [-0.39, 0.29) is 38.3 Å². The molecule has 4 atom stereocenters. The highest BCUT2D eigenvalue weighted by Crippen LogP contribution is 2.21. The van der Waals surface area contributed by atoms with Crippen LogP contribution in [-0.2, 0) is 41.7 Å². The molecule has 12 nitrogen and oxygen atoms in total. The van der Waals surface area contributed by atoms with Gasteiger partial charge in [0.1, 0.15) is 30.8 Å². The summed E-state index contributed by atoms with van der Waals surface area (Å²) in [5, 5.41) is 17.1. The van der Waals surface area contributed by atoms with Gasteiger partial charge in [-0.25, -0.2) is 9.59 Å². The first kappa shape index (κ1) is 35.7. The number of carbonyl (C=O) groups excluding carboxylic acids is 5. The van der Waals surface area contributed by atoms with Crippen LogP contribution in [-0.4, -0.2) is 76.3 Å². The van der Waals surface area contributed by atoms with Crippen molar-refractivity contribution in [1.29, 1.82) is 0 Å². The van der Waals surface area contributed by atoms with E-state index in [1.54, 1.807) is 38.1 Å². The van der Waals surface area contributed by atoms with Crippen LogP contribution in [0.15, 0.2) is 60.7 Å². The summed E-state index contributed by atoms with van der Waals surface area (Å²) in [6, 6.07) is 13.6. The lowest BCUT2D eigenvalue weighted by molar-refractivity contribution is -0.146. The molecule has 248 valence electrons. The van der Waals surface area contributed by atoms with E-state index in [2.05, 4.69) is 16.0 Å². The Balaban J connectivity index is 1.74. The molecular weight excluding hydrogens is 592 g/mol. The number of likely N-dealkylation sites (tertiary alicyclic amines) is 1. The molecule has 12 heteroatoms. The molecule has 1 heterocycles. The number of benzene rings is 2. The quantitative estimate of drug-likeness (QED) is 0.216. The molecule has 1 aliphatic rings. The summed E-state index contributed by atoms with van der Waals surface area (Å²) in [7, 11) is 0. The molecule has 4 N–H and O–H groups in total. The van der Waals surface area contributed by atoms with Crippen LogP contribution in [0, 0.1) is 11.8 Å². The van der Waals surface area contributed by atoms with E-state index in [0.717, 1.165) is 11.1 Å². The van der Waals surface area contributed by atoms with Crippen molar-refractivity contribution < 1.29 is 38.6 Å². The Labute approximate surface area is 269 Å². The number of carbonyl (C=O) groups is 6. The largest absolute Gasteiger partial charge is 0.480 e. The Hall–Kier alpha value is -4.74. The second kappa shape index (κ2) is 17.1. The average molecular weight is 637 g/mol. The van der Waals surface area contributed by atoms with Crippen molar-refractivity contribution in [3.8, 4) is 0 Å². The second-order valence-corrected chi connectivity index (χ2v) is 12.2. The molecule has 2 aromatic rings. The number of rotatable bonds is 15. The zero-order valence-electron chi connectivity index (χ0n) is 26.7. The van der Waals surface area contributed by atoms with Crippen LogP contribution < -0.4 is 16.0 Å². The first-order valence-corrected chi connectivity index (χ1v) is 15.6. The van der Waals surface area contributed by atoms with Crippen LogP contribution in [0.5, 0.6) is 0 Å². The SMILES string of the molecule is CC(C)C[C@@H](NC(=O)C(=O)[C@@H]1CCCN1C(=O)[C@H](Cc1ccccc1)NC(=O)OCc1ccccc1)C(=O)N[C@H](C(=O)O)C(C)C. The maximum atomic E-state index is 13.9. The maximum absolute atomic E-state index is 13.9. The first-order chi connectivity index (χ1) is 21.9. The van der Waals surface area contributed by atoms with E-state index in [1.807, 2.05) is 50.2 Å². The number of ether oxygens (including phenoxy) is 1. The molecule has 0 saturated carbocycles. The Morgan fingerprint density at radius 1 is 0.848 bits per heavy atom. The van der Waals surface area contributed by atoms with Crippen molar-refractivity contribution >= 4 is 35.6 Å². The summed E-state index contributed by atoms with van der Waals surface area (Å²) in [6.45, 7) is 7.14. The summed E-state index contributed by atoms with van der Waals surface area (Å²) in [5.41, 5.74) is 1.54. The summed E-state index contributed by atoms with van der Waals surface area (Å²) < 4.78 is 5.35. The third kappa shape index (κ3) is 10.4. The number of carboxylic acids is 1. The normalized spacial score (nSPS) is 16.3. The highest BCUT2D eigenvalue weighted by molar-refractivity contribution is 6.38. The third-order valence-electron chi connectivity index (χ3n) is 7.71. The molecule has 3 rings (SSSR count). The van der Waals surface area contributed by atoms with Gasteiger partial charge in [0, 0.05) is 13.0 Å². The molecule has 1 fully saturated rings. The molecule has 1 aliphatic heterocycles. The number of Topliss-reactive ketones (excluding diaryl/α,β-unsaturated/α-hetero) is 1. The van der Waals surface area contributed by atoms with Crippen LogP contribution in [0.4, 0.5) is 4.79 Å². The first-order valence-electron chi connectivity index (χ1n) is 15.6. The molecule has 0 aromatic heterocycles. The van der Waals surface area contributed by atoms with Crippen LogP contribution in [0.2, 0.25) is 0 Å². The van der Waals surface area contributed by atoms with Gasteiger partial charge in [0.15, 0.2) is 0 Å². The van der Waals surface area contributed by atoms with Crippen LogP contribution in [0.1, 0.15) is 58.1 Å². The summed E-state index contributed by atoms with van der Waals surface area (Å²) in [6.07, 6.45) is 0.166. The molecule has 0 spiro atoms. The fourth-order valence-electron chi connectivity index (χ4n) is 5.31. The lowest BCUT2D eigenvalue weighted by Gasteiger charge is -2.29. The third-order valence-corrected chi connectivity index (χ3v) is 7.71. The molecule has 0 aliphatic carbocycles. The van der Waals surface area contributed by atoms with Gasteiger partial charge < -0.3 is 30.7 Å². The van der Waals surface area contributed by atoms with E-state index in [4.69, 9.17) is 4.74 Å². The lowest BCUT2D eigenvalue weighted by atomic mass is 9.99. The zero-order chi connectivity index (χ0) is 33.8. The number of hydrogen-bond donors (Lipinski definition) is 4. The minimum atomic E-state index is -1.21. The van der Waals surface area contributed by atoms with E-state index in [1.165, 1.54) is 4.90 Å². The summed E-state index contributed by atoms with van der Waals surface area (Å²) >= 11 is 0. The van der Waals surface area contributed by atoms with Gasteiger partial charge in [-0.1, -0.05) is 88.4 Å². The smallest absolute Gasteiger partial charge is 0.408 e. The Kier molecular flexibility index (Phi) is 13.3. The minimum absolute atomic E-state index is 0.000577. The summed E-state index contributed by atoms with van der Waals surface area (Å²) in [5.74, 6) is -4.88. The van der Waals surface area contributed by atoms with Crippen LogP contribution in [0.3, 0.4) is 0 Å². The molecule has 46 heavy (non-hydrogen) atoms. The molecule has 4 amide bonds. The highest BCUT2D eigenvalue weighted by atomic mass is 16.5. The van der Waals surface area contributed by atoms with Crippen molar-refractivity contribution in [1.82, 2.24) is 20.9 Å². The summed E-state index contributed by atoms with van der Waals surface area (Å²) in [4.78, 5) is 79.3. The highest BCUT2D eigenvalue weighted by Gasteiger charge is 2.41. The standard InChI is InChI=1S/C34H44N4O8/c1-21(2)18-25(30(40)37-28(22(3)4)33(43)44)35-31(41)29(39)27-16-11-17-38(27)32(42)26(19-23-12-7-5-8-13-23)36-34(45)46-20-24-14-9-6-10-15-24/h5-10,12-15,21-22,25-28H,11,16-20H2,1-4H3,(H,35,41)(H,36,45)(H,37,40)(H,43,44)/t25-,26+,27+,28+/m1/s1. The van der Waals surface area contributed by atoms with Crippen LogP contribution >= 0.6 is 0 Å². The van der Waals surface area contributed by atoms with Crippen molar-refractivity contribution in [2.24, 2.45) is 11.8 Å². The van der Waals surface area contributed by atoms with E-state index >= 15 is 0 Å². The average Bonchev–Trinajstić information content (AvgIpc) is 3.51. The number of amides is 4. The fraction of sp³-hybridized carbons (Fsp3) is 0.471. The number of hydrogen-bond acceptors (Lipinski definition) is 7. The number of nitrogens with zero attached hydrogens (tertiary/aromatic N) is 1. The molecule has 0 radical (unpaired) electrons. The lowest BCUT2D eigenvalue weighted by Crippen LogP contribution is -2.57. The number of nitrogens with one attached hydrogen (secondary N) is 3. The van der Waals surface area contributed by atoms with Gasteiger partial charge >= 0.3 is 12.1 Å². The van der Waals surface area contributed by atoms with Crippen LogP contribution in [0.25, 0.3) is 0 Å². The van der Waals surface area contributed by atoms with E-state index in [0.29, 0.717) is 6.42 Å². The van der Waals surface area contributed by atoms with Gasteiger partial charge in [-0.15, -0.1) is 0 Å². The van der Waals surface area contributed by atoms with Gasteiger partial charge in [-0.3, -0.25) is 19.2 Å². The Morgan fingerprint density at radius 3 is 2.02 bits per heavy atom. The number of carboxylic acid groups (broad SMARTS) is 1. The van der Waals surface area contributed by atoms with Crippen molar-refractivity contribution in [2.75, 3.05) is 6.54 Å². The number of ketones is 1. The maximum Gasteiger partial charge on any atom is 0.408 e. The van der Waals surface area contributed by atoms with Gasteiger partial charge in [0.25, 0.3) is 5.91 Å². The predicted molar refractivity (Wildman–Crippen MR) is 169 cm³/mol. The number of aliphatic carboxylic acids is 1. The Bertz CT molecular complexity index is 1370. The van der Waals surface area contributed by atoms with Gasteiger partial charge in [0.05, 0.1) is 0 Å². The molecule has 2 aromatic carbocycles. The number of alkyl carbamates (subject to hydrolysis) is 1. The molecule has 0 bridgehead atoms. The fourth-order valence-corrected chi connectivity index (χ4v) is 5.31. The monoisotopic (exact) mass is 636 g/mol. The van der Waals surface area contributed by atoms with Gasteiger partial charge in [-0.05, 0) is 42.2 Å². The topological polar surface area (TPSA) is 171 Å². The minimum Gasteiger partial charge on any atom is -0.480 e. The van der Waals surface area contributed by atoms with Gasteiger partial charge in [0.2, 0.25) is 17.6 Å². The zero-order valence-corrected chi connectivity index (χ0v) is 26.7. The van der Waals surface area contributed by atoms with Crippen molar-refractivity contribution in [2.45, 2.75) is 84.2 Å². The van der Waals surface area contributed by atoms with E-state index < -0.39 is 65.7 Å². The van der Waals surface area contributed by atoms with Crippen molar-refractivity contribution in [3.05, 3.63) is 71.8 Å². The van der Waals surface area contributed by atoms with Crippen molar-refractivity contribution in [3.63, 3.8) is 0 Å². The predicted octanol–water partition coefficient (Wildman–Crippen LogP) is 2.84. The molecule has 0 unspecified atom stereocenters. The molecule has 1 saturated heterocycles. The Morgan fingerprint density at radius 2 is 1.46 bits per heavy atom.